The zero-order valence-electron chi connectivity index (χ0n) is 10.2. The number of rotatable bonds is 2. The third-order valence-corrected chi connectivity index (χ3v) is 5.26. The van der Waals surface area contributed by atoms with Gasteiger partial charge in [0.1, 0.15) is 5.82 Å². The zero-order chi connectivity index (χ0) is 11.5. The van der Waals surface area contributed by atoms with Crippen molar-refractivity contribution in [3.63, 3.8) is 0 Å². The first-order chi connectivity index (χ1) is 8.21. The van der Waals surface area contributed by atoms with E-state index in [1.165, 1.54) is 38.5 Å². The number of nitrogens with two attached hydrogens (primary N) is 1. The van der Waals surface area contributed by atoms with Gasteiger partial charge in [0.15, 0.2) is 0 Å². The summed E-state index contributed by atoms with van der Waals surface area (Å²) in [5, 5.41) is 6.95. The third kappa shape index (κ3) is 1.57. The predicted molar refractivity (Wildman–Crippen MR) is 65.1 cm³/mol. The molecule has 4 aliphatic carbocycles. The average molecular weight is 232 g/mol. The zero-order valence-corrected chi connectivity index (χ0v) is 10.2. The van der Waals surface area contributed by atoms with Crippen LogP contribution in [0.5, 0.6) is 0 Å². The van der Waals surface area contributed by atoms with Crippen molar-refractivity contribution in [3.05, 3.63) is 5.82 Å². The van der Waals surface area contributed by atoms with Crippen molar-refractivity contribution in [1.82, 2.24) is 15.2 Å². The molecule has 1 aromatic heterocycles. The summed E-state index contributed by atoms with van der Waals surface area (Å²) in [5.41, 5.74) is 6.12. The minimum atomic E-state index is 0.393. The standard InChI is InChI=1S/C13H20N4/c14-12-15-11(16-17-12)7-13-4-8-1-9(5-13)3-10(2-8)6-13/h8-10H,1-7H2,(H3,14,15,16,17). The number of aromatic nitrogens is 3. The van der Waals surface area contributed by atoms with Gasteiger partial charge in [-0.3, -0.25) is 5.10 Å². The number of nitrogens with one attached hydrogen (secondary N) is 1. The molecule has 4 fully saturated rings. The Morgan fingerprint density at radius 3 is 2.18 bits per heavy atom. The van der Waals surface area contributed by atoms with Gasteiger partial charge in [-0.05, 0) is 61.7 Å². The summed E-state index contributed by atoms with van der Waals surface area (Å²) in [5.74, 6) is 4.40. The van der Waals surface area contributed by atoms with Gasteiger partial charge in [0.25, 0.3) is 0 Å². The van der Waals surface area contributed by atoms with E-state index in [0.29, 0.717) is 11.4 Å². The Morgan fingerprint density at radius 1 is 1.12 bits per heavy atom. The number of aromatic amines is 1. The molecule has 17 heavy (non-hydrogen) atoms. The highest BCUT2D eigenvalue weighted by molar-refractivity contribution is 5.14. The van der Waals surface area contributed by atoms with E-state index in [0.717, 1.165) is 30.0 Å². The van der Waals surface area contributed by atoms with Gasteiger partial charge in [0.05, 0.1) is 0 Å². The van der Waals surface area contributed by atoms with Crippen LogP contribution in [0.4, 0.5) is 5.95 Å². The van der Waals surface area contributed by atoms with E-state index in [4.69, 9.17) is 5.73 Å². The maximum Gasteiger partial charge on any atom is 0.239 e. The van der Waals surface area contributed by atoms with Crippen molar-refractivity contribution in [2.75, 3.05) is 5.73 Å². The molecule has 0 unspecified atom stereocenters. The first-order valence-corrected chi connectivity index (χ1v) is 6.88. The molecule has 0 spiro atoms. The molecule has 3 N–H and O–H groups in total. The van der Waals surface area contributed by atoms with E-state index < -0.39 is 0 Å². The van der Waals surface area contributed by atoms with Crippen molar-refractivity contribution >= 4 is 5.95 Å². The first kappa shape index (κ1) is 9.92. The lowest BCUT2D eigenvalue weighted by molar-refractivity contribution is -0.0531. The molecular formula is C13H20N4. The van der Waals surface area contributed by atoms with Crippen LogP contribution in [-0.4, -0.2) is 15.2 Å². The van der Waals surface area contributed by atoms with Gasteiger partial charge >= 0.3 is 0 Å². The summed E-state index contributed by atoms with van der Waals surface area (Å²) < 4.78 is 0. The second-order valence-electron chi connectivity index (χ2n) is 6.73. The summed E-state index contributed by atoms with van der Waals surface area (Å²) in [6, 6.07) is 0. The molecule has 92 valence electrons. The Kier molecular flexibility index (Phi) is 1.89. The van der Waals surface area contributed by atoms with Crippen LogP contribution in [0.1, 0.15) is 44.3 Å². The number of anilines is 1. The fourth-order valence-corrected chi connectivity index (χ4v) is 5.25. The molecule has 0 amide bonds. The Morgan fingerprint density at radius 2 is 1.71 bits per heavy atom. The summed E-state index contributed by atoms with van der Waals surface area (Å²) in [6.45, 7) is 0. The normalized spacial score (nSPS) is 43.2. The Balaban J connectivity index is 1.60. The lowest BCUT2D eigenvalue weighted by atomic mass is 9.49. The van der Waals surface area contributed by atoms with Gasteiger partial charge < -0.3 is 5.73 Å². The van der Waals surface area contributed by atoms with Crippen LogP contribution in [-0.2, 0) is 6.42 Å². The van der Waals surface area contributed by atoms with Gasteiger partial charge in [-0.2, -0.15) is 4.98 Å². The van der Waals surface area contributed by atoms with E-state index in [1.807, 2.05) is 0 Å². The second kappa shape index (κ2) is 3.24. The van der Waals surface area contributed by atoms with Crippen LogP contribution >= 0.6 is 0 Å². The van der Waals surface area contributed by atoms with Crippen LogP contribution in [0.3, 0.4) is 0 Å². The molecule has 4 saturated carbocycles. The van der Waals surface area contributed by atoms with Gasteiger partial charge in [-0.1, -0.05) is 0 Å². The summed E-state index contributed by atoms with van der Waals surface area (Å²) in [6.07, 6.45) is 9.81. The Bertz CT molecular complexity index is 401. The Hall–Kier alpha value is -1.06. The van der Waals surface area contributed by atoms with E-state index in [9.17, 15) is 0 Å². The fraction of sp³-hybridized carbons (Fsp3) is 0.846. The first-order valence-electron chi connectivity index (χ1n) is 6.88. The van der Waals surface area contributed by atoms with Crippen LogP contribution in [0.25, 0.3) is 0 Å². The van der Waals surface area contributed by atoms with Crippen molar-refractivity contribution in [3.8, 4) is 0 Å². The minimum absolute atomic E-state index is 0.393. The molecule has 0 aliphatic heterocycles. The summed E-state index contributed by atoms with van der Waals surface area (Å²) >= 11 is 0. The maximum atomic E-state index is 5.59. The van der Waals surface area contributed by atoms with E-state index in [-0.39, 0.29) is 0 Å². The average Bonchev–Trinajstić information content (AvgIpc) is 2.60. The van der Waals surface area contributed by atoms with Crippen molar-refractivity contribution in [2.24, 2.45) is 23.2 Å². The van der Waals surface area contributed by atoms with Gasteiger partial charge in [-0.25, -0.2) is 0 Å². The number of nitrogens with zero attached hydrogens (tertiary/aromatic N) is 2. The number of nitrogen functional groups attached to an aromatic ring is 1. The monoisotopic (exact) mass is 232 g/mol. The molecule has 1 aromatic rings. The molecule has 4 heteroatoms. The summed E-state index contributed by atoms with van der Waals surface area (Å²) in [7, 11) is 0. The van der Waals surface area contributed by atoms with E-state index in [2.05, 4.69) is 15.2 Å². The van der Waals surface area contributed by atoms with Crippen molar-refractivity contribution in [2.45, 2.75) is 44.9 Å². The summed E-state index contributed by atoms with van der Waals surface area (Å²) in [4.78, 5) is 4.30. The molecule has 4 nitrogen and oxygen atoms in total. The highest BCUT2D eigenvalue weighted by atomic mass is 15.3. The second-order valence-corrected chi connectivity index (χ2v) is 6.73. The molecule has 0 atom stereocenters. The number of H-pyrrole nitrogens is 1. The van der Waals surface area contributed by atoms with Crippen LogP contribution in [0, 0.1) is 23.2 Å². The molecule has 0 aromatic carbocycles. The van der Waals surface area contributed by atoms with E-state index in [1.54, 1.807) is 0 Å². The molecule has 0 radical (unpaired) electrons. The SMILES string of the molecule is Nc1n[nH]c(CC23CC4CC(CC(C4)C2)C3)n1. The van der Waals surface area contributed by atoms with Gasteiger partial charge in [0, 0.05) is 6.42 Å². The quantitative estimate of drug-likeness (QED) is 0.821. The molecule has 1 heterocycles. The van der Waals surface area contributed by atoms with Crippen LogP contribution in [0.2, 0.25) is 0 Å². The number of hydrogen-bond acceptors (Lipinski definition) is 3. The lowest BCUT2D eigenvalue weighted by Crippen LogP contribution is -2.47. The molecular weight excluding hydrogens is 212 g/mol. The fourth-order valence-electron chi connectivity index (χ4n) is 5.25. The third-order valence-electron chi connectivity index (χ3n) is 5.26. The molecule has 0 saturated heterocycles. The highest BCUT2D eigenvalue weighted by Gasteiger charge is 2.50. The largest absolute Gasteiger partial charge is 0.367 e. The van der Waals surface area contributed by atoms with Crippen molar-refractivity contribution < 1.29 is 0 Å². The smallest absolute Gasteiger partial charge is 0.239 e. The molecule has 5 rings (SSSR count). The lowest BCUT2D eigenvalue weighted by Gasteiger charge is -2.56. The topological polar surface area (TPSA) is 67.6 Å². The minimum Gasteiger partial charge on any atom is -0.367 e. The van der Waals surface area contributed by atoms with Crippen LogP contribution < -0.4 is 5.73 Å². The highest BCUT2D eigenvalue weighted by Crippen LogP contribution is 2.60. The molecule has 4 aliphatic rings. The Labute approximate surface area is 101 Å². The van der Waals surface area contributed by atoms with E-state index >= 15 is 0 Å². The van der Waals surface area contributed by atoms with Crippen LogP contribution in [0.15, 0.2) is 0 Å². The maximum absolute atomic E-state index is 5.59. The van der Waals surface area contributed by atoms with Gasteiger partial charge in [0.2, 0.25) is 5.95 Å². The predicted octanol–water partition coefficient (Wildman–Crippen LogP) is 2.15. The number of hydrogen-bond donors (Lipinski definition) is 2. The van der Waals surface area contributed by atoms with Gasteiger partial charge in [-0.15, -0.1) is 5.10 Å². The molecule has 4 bridgehead atoms. The van der Waals surface area contributed by atoms with Crippen molar-refractivity contribution in [1.29, 1.82) is 0 Å².